The topological polar surface area (TPSA) is 17.1 Å². The molecule has 3 rings (SSSR count). The van der Waals surface area contributed by atoms with E-state index >= 15 is 0 Å². The summed E-state index contributed by atoms with van der Waals surface area (Å²) in [7, 11) is 0. The zero-order valence-corrected chi connectivity index (χ0v) is 12.6. The van der Waals surface area contributed by atoms with Crippen molar-refractivity contribution in [3.63, 3.8) is 0 Å². The summed E-state index contributed by atoms with van der Waals surface area (Å²) < 4.78 is 1.23. The molecule has 0 N–H and O–H groups in total. The molecule has 94 valence electrons. The first kappa shape index (κ1) is 12.4. The standard InChI is InChI=1S/C17H14OSe/c1-11(18)16-14-9-5-3-7-12(14)13-8-4-6-10-15(13)17(16)19-2/h3-10H,1-2H3. The third-order valence-electron chi connectivity index (χ3n) is 3.44. The van der Waals surface area contributed by atoms with Crippen molar-refractivity contribution < 1.29 is 4.79 Å². The second-order valence-corrected chi connectivity index (χ2v) is 6.27. The molecule has 0 fully saturated rings. The van der Waals surface area contributed by atoms with Gasteiger partial charge in [-0.3, -0.25) is 0 Å². The van der Waals surface area contributed by atoms with E-state index in [2.05, 4.69) is 42.2 Å². The zero-order valence-electron chi connectivity index (χ0n) is 10.9. The molecule has 0 radical (unpaired) electrons. The van der Waals surface area contributed by atoms with E-state index in [1.165, 1.54) is 20.6 Å². The van der Waals surface area contributed by atoms with Gasteiger partial charge in [-0.25, -0.2) is 0 Å². The van der Waals surface area contributed by atoms with Crippen LogP contribution in [0.1, 0.15) is 17.3 Å². The number of Topliss-reactive ketones (excluding diaryl/α,β-unsaturated/α-hetero) is 1. The van der Waals surface area contributed by atoms with E-state index in [0.717, 1.165) is 10.9 Å². The Kier molecular flexibility index (Phi) is 3.14. The normalized spacial score (nSPS) is 11.1. The zero-order chi connectivity index (χ0) is 13.4. The average Bonchev–Trinajstić information content (AvgIpc) is 2.45. The number of fused-ring (bicyclic) bond motifs is 3. The van der Waals surface area contributed by atoms with Gasteiger partial charge in [0, 0.05) is 0 Å². The Labute approximate surface area is 118 Å². The van der Waals surface area contributed by atoms with Gasteiger partial charge in [0.15, 0.2) is 0 Å². The number of ketones is 1. The molecule has 0 saturated heterocycles. The Morgan fingerprint density at radius 1 is 0.842 bits per heavy atom. The van der Waals surface area contributed by atoms with Crippen molar-refractivity contribution in [2.75, 3.05) is 0 Å². The number of rotatable bonds is 2. The van der Waals surface area contributed by atoms with Gasteiger partial charge in [-0.1, -0.05) is 0 Å². The molecule has 3 aromatic carbocycles. The summed E-state index contributed by atoms with van der Waals surface area (Å²) in [4.78, 5) is 12.1. The van der Waals surface area contributed by atoms with Crippen molar-refractivity contribution in [2.24, 2.45) is 0 Å². The molecule has 0 bridgehead atoms. The molecule has 2 heteroatoms. The van der Waals surface area contributed by atoms with Gasteiger partial charge in [-0.2, -0.15) is 0 Å². The minimum atomic E-state index is 0.167. The van der Waals surface area contributed by atoms with Gasteiger partial charge in [0.2, 0.25) is 0 Å². The number of hydrogen-bond donors (Lipinski definition) is 0. The van der Waals surface area contributed by atoms with Crippen LogP contribution in [-0.2, 0) is 0 Å². The molecule has 19 heavy (non-hydrogen) atoms. The summed E-state index contributed by atoms with van der Waals surface area (Å²) in [6.45, 7) is 1.67. The summed E-state index contributed by atoms with van der Waals surface area (Å²) in [5.41, 5.74) is 0.914. The molecule has 3 aromatic rings. The summed E-state index contributed by atoms with van der Waals surface area (Å²) in [5.74, 6) is 2.34. The summed E-state index contributed by atoms with van der Waals surface area (Å²) in [6.07, 6.45) is 0. The molecule has 0 amide bonds. The van der Waals surface area contributed by atoms with Gasteiger partial charge < -0.3 is 0 Å². The summed E-state index contributed by atoms with van der Waals surface area (Å²) in [6, 6.07) is 16.6. The number of benzene rings is 3. The third-order valence-corrected chi connectivity index (χ3v) is 5.19. The maximum atomic E-state index is 12.1. The van der Waals surface area contributed by atoms with E-state index in [-0.39, 0.29) is 5.78 Å². The van der Waals surface area contributed by atoms with Gasteiger partial charge in [-0.15, -0.1) is 0 Å². The molecule has 0 unspecified atom stereocenters. The first-order valence-electron chi connectivity index (χ1n) is 6.22. The number of carbonyl (C=O) groups is 1. The van der Waals surface area contributed by atoms with Crippen molar-refractivity contribution in [2.45, 2.75) is 12.7 Å². The monoisotopic (exact) mass is 314 g/mol. The van der Waals surface area contributed by atoms with Gasteiger partial charge in [-0.05, 0) is 0 Å². The second kappa shape index (κ2) is 4.80. The second-order valence-electron chi connectivity index (χ2n) is 4.56. The van der Waals surface area contributed by atoms with Crippen LogP contribution in [0.15, 0.2) is 48.5 Å². The van der Waals surface area contributed by atoms with E-state index in [9.17, 15) is 4.79 Å². The van der Waals surface area contributed by atoms with E-state index < -0.39 is 0 Å². The molecule has 0 aliphatic heterocycles. The van der Waals surface area contributed by atoms with Crippen LogP contribution in [-0.4, -0.2) is 20.7 Å². The predicted molar refractivity (Wildman–Crippen MR) is 82.7 cm³/mol. The van der Waals surface area contributed by atoms with E-state index in [1.807, 2.05) is 12.1 Å². The van der Waals surface area contributed by atoms with Gasteiger partial charge in [0.05, 0.1) is 0 Å². The van der Waals surface area contributed by atoms with Crippen LogP contribution in [0, 0.1) is 0 Å². The minimum absolute atomic E-state index is 0.167. The fourth-order valence-electron chi connectivity index (χ4n) is 2.67. The van der Waals surface area contributed by atoms with Crippen LogP contribution in [0.5, 0.6) is 0 Å². The Hall–Kier alpha value is -1.63. The van der Waals surface area contributed by atoms with Crippen LogP contribution < -0.4 is 4.46 Å². The van der Waals surface area contributed by atoms with Gasteiger partial charge in [0.1, 0.15) is 0 Å². The molecule has 1 nitrogen and oxygen atoms in total. The average molecular weight is 313 g/mol. The van der Waals surface area contributed by atoms with E-state index in [4.69, 9.17) is 0 Å². The molecule has 0 aliphatic rings. The molecular weight excluding hydrogens is 299 g/mol. The van der Waals surface area contributed by atoms with Crippen molar-refractivity contribution in [1.29, 1.82) is 0 Å². The molecule has 0 aromatic heterocycles. The molecule has 0 atom stereocenters. The van der Waals surface area contributed by atoms with Crippen LogP contribution in [0.25, 0.3) is 21.5 Å². The molecule has 0 aliphatic carbocycles. The fourth-order valence-corrected chi connectivity index (χ4v) is 4.47. The van der Waals surface area contributed by atoms with Crippen molar-refractivity contribution in [3.05, 3.63) is 54.1 Å². The van der Waals surface area contributed by atoms with Crippen molar-refractivity contribution in [1.82, 2.24) is 0 Å². The van der Waals surface area contributed by atoms with Crippen LogP contribution >= 0.6 is 0 Å². The van der Waals surface area contributed by atoms with Crippen LogP contribution in [0.4, 0.5) is 0 Å². The third kappa shape index (κ3) is 1.88. The SMILES string of the molecule is C[Se]c1c(C(C)=O)c2ccccc2c2ccccc12. The van der Waals surface area contributed by atoms with E-state index in [0.29, 0.717) is 15.0 Å². The van der Waals surface area contributed by atoms with Crippen LogP contribution in [0.2, 0.25) is 5.82 Å². The first-order valence-corrected chi connectivity index (χ1v) is 8.79. The van der Waals surface area contributed by atoms with E-state index in [1.54, 1.807) is 6.92 Å². The molecular formula is C17H14OSe. The molecule has 0 heterocycles. The quantitative estimate of drug-likeness (QED) is 0.401. The van der Waals surface area contributed by atoms with Gasteiger partial charge >= 0.3 is 118 Å². The van der Waals surface area contributed by atoms with Crippen molar-refractivity contribution in [3.8, 4) is 0 Å². The molecule has 0 spiro atoms. The Balaban J connectivity index is 2.65. The summed E-state index contributed by atoms with van der Waals surface area (Å²) >= 11 is 0.296. The Morgan fingerprint density at radius 3 is 1.84 bits per heavy atom. The first-order chi connectivity index (χ1) is 9.24. The fraction of sp³-hybridized carbons (Fsp3) is 0.118. The Morgan fingerprint density at radius 2 is 1.32 bits per heavy atom. The maximum absolute atomic E-state index is 12.1. The van der Waals surface area contributed by atoms with Crippen LogP contribution in [0.3, 0.4) is 0 Å². The molecule has 0 saturated carbocycles. The Bertz CT molecular complexity index is 790. The van der Waals surface area contributed by atoms with Crippen molar-refractivity contribution >= 4 is 46.7 Å². The predicted octanol–water partition coefficient (Wildman–Crippen LogP) is 3.57. The summed E-state index contributed by atoms with van der Waals surface area (Å²) in [5, 5.41) is 4.75. The van der Waals surface area contributed by atoms with Gasteiger partial charge in [0.25, 0.3) is 0 Å². The number of hydrogen-bond acceptors (Lipinski definition) is 1. The number of carbonyl (C=O) groups excluding carboxylic acids is 1.